The predicted octanol–water partition coefficient (Wildman–Crippen LogP) is 0.794. The summed E-state index contributed by atoms with van der Waals surface area (Å²) in [5.41, 5.74) is 0. The van der Waals surface area contributed by atoms with Gasteiger partial charge in [-0.2, -0.15) is 0 Å². The van der Waals surface area contributed by atoms with E-state index in [1.165, 1.54) is 0 Å². The Hall–Kier alpha value is 0.160. The quantitative estimate of drug-likeness (QED) is 0.563. The lowest BCUT2D eigenvalue weighted by molar-refractivity contribution is -0.125. The largest absolute Gasteiger partial charge is 0.359 e. The van der Waals surface area contributed by atoms with Crippen LogP contribution in [0, 0.1) is 5.92 Å². The molecule has 4 heteroatoms. The fourth-order valence-corrected chi connectivity index (χ4v) is 2.17. The topological polar surface area (TPSA) is 32.3 Å². The van der Waals surface area contributed by atoms with Crippen molar-refractivity contribution in [2.75, 3.05) is 20.1 Å². The van der Waals surface area contributed by atoms with E-state index in [1.807, 2.05) is 0 Å². The Labute approximate surface area is 81.0 Å². The van der Waals surface area contributed by atoms with Gasteiger partial charge in [-0.3, -0.25) is 4.79 Å². The molecule has 1 rings (SSSR count). The SMILES string of the molecule is CNC(=O)C1CCCN(I)C1. The van der Waals surface area contributed by atoms with E-state index in [0.717, 1.165) is 25.9 Å². The van der Waals surface area contributed by atoms with E-state index in [-0.39, 0.29) is 11.8 Å². The molecule has 64 valence electrons. The molecule has 1 aliphatic heterocycles. The molecule has 1 atom stereocenters. The van der Waals surface area contributed by atoms with E-state index in [1.54, 1.807) is 7.05 Å². The Morgan fingerprint density at radius 3 is 3.00 bits per heavy atom. The summed E-state index contributed by atoms with van der Waals surface area (Å²) in [6.07, 6.45) is 2.18. The Morgan fingerprint density at radius 2 is 2.45 bits per heavy atom. The van der Waals surface area contributed by atoms with Crippen LogP contribution in [-0.2, 0) is 4.79 Å². The first-order valence-corrected chi connectivity index (χ1v) is 4.83. The second kappa shape index (κ2) is 4.25. The van der Waals surface area contributed by atoms with Gasteiger partial charge in [0.15, 0.2) is 0 Å². The Bertz CT molecular complexity index is 151. The molecule has 0 aromatic rings. The lowest BCUT2D eigenvalue weighted by Crippen LogP contribution is -2.37. The predicted molar refractivity (Wildman–Crippen MR) is 52.4 cm³/mol. The molecule has 0 bridgehead atoms. The Kier molecular flexibility index (Phi) is 3.58. The maximum absolute atomic E-state index is 11.2. The third-order valence-corrected chi connectivity index (χ3v) is 2.87. The summed E-state index contributed by atoms with van der Waals surface area (Å²) in [5.74, 6) is 0.400. The van der Waals surface area contributed by atoms with Crippen LogP contribution in [0.5, 0.6) is 0 Å². The third-order valence-electron chi connectivity index (χ3n) is 1.99. The molecule has 11 heavy (non-hydrogen) atoms. The summed E-state index contributed by atoms with van der Waals surface area (Å²) >= 11 is 2.27. The number of carbonyl (C=O) groups excluding carboxylic acids is 1. The average Bonchev–Trinajstić information content (AvgIpc) is 2.03. The van der Waals surface area contributed by atoms with E-state index in [9.17, 15) is 4.79 Å². The van der Waals surface area contributed by atoms with E-state index >= 15 is 0 Å². The summed E-state index contributed by atoms with van der Waals surface area (Å²) < 4.78 is 2.18. The van der Waals surface area contributed by atoms with Crippen LogP contribution >= 0.6 is 22.9 Å². The summed E-state index contributed by atoms with van der Waals surface area (Å²) in [7, 11) is 1.70. The molecule has 3 nitrogen and oxygen atoms in total. The number of nitrogens with zero attached hydrogens (tertiary/aromatic N) is 1. The zero-order valence-electron chi connectivity index (χ0n) is 6.64. The first kappa shape index (κ1) is 9.25. The zero-order valence-corrected chi connectivity index (χ0v) is 8.80. The average molecular weight is 268 g/mol. The molecule has 1 saturated heterocycles. The molecular weight excluding hydrogens is 255 g/mol. The van der Waals surface area contributed by atoms with Crippen molar-refractivity contribution in [3.05, 3.63) is 0 Å². The number of nitrogens with one attached hydrogen (secondary N) is 1. The smallest absolute Gasteiger partial charge is 0.224 e. The molecule has 1 heterocycles. The Balaban J connectivity index is 2.39. The van der Waals surface area contributed by atoms with Crippen LogP contribution in [0.25, 0.3) is 0 Å². The molecule has 0 saturated carbocycles. The lowest BCUT2D eigenvalue weighted by atomic mass is 9.99. The van der Waals surface area contributed by atoms with Gasteiger partial charge in [-0.25, -0.2) is 3.11 Å². The molecule has 0 aliphatic carbocycles. The second-order valence-electron chi connectivity index (χ2n) is 2.82. The summed E-state index contributed by atoms with van der Waals surface area (Å²) in [4.78, 5) is 11.2. The number of piperidine rings is 1. The molecule has 1 aliphatic rings. The highest BCUT2D eigenvalue weighted by atomic mass is 127. The molecule has 0 aromatic carbocycles. The maximum atomic E-state index is 11.2. The van der Waals surface area contributed by atoms with Crippen molar-refractivity contribution < 1.29 is 4.79 Å². The highest BCUT2D eigenvalue weighted by Crippen LogP contribution is 2.18. The second-order valence-corrected chi connectivity index (χ2v) is 4.19. The molecule has 0 aromatic heterocycles. The molecular formula is C7H13IN2O. The molecule has 1 amide bonds. The zero-order chi connectivity index (χ0) is 8.27. The molecule has 1 unspecified atom stereocenters. The van der Waals surface area contributed by atoms with Gasteiger partial charge in [-0.05, 0) is 12.8 Å². The van der Waals surface area contributed by atoms with Gasteiger partial charge < -0.3 is 5.32 Å². The molecule has 1 fully saturated rings. The molecule has 0 radical (unpaired) electrons. The fraction of sp³-hybridized carbons (Fsp3) is 0.857. The summed E-state index contributed by atoms with van der Waals surface area (Å²) in [6, 6.07) is 0. The van der Waals surface area contributed by atoms with Gasteiger partial charge in [0.05, 0.1) is 5.92 Å². The van der Waals surface area contributed by atoms with Crippen LogP contribution in [-0.4, -0.2) is 29.2 Å². The van der Waals surface area contributed by atoms with Gasteiger partial charge in [0.2, 0.25) is 5.91 Å². The Morgan fingerprint density at radius 1 is 1.73 bits per heavy atom. The van der Waals surface area contributed by atoms with Crippen molar-refractivity contribution in [1.82, 2.24) is 8.43 Å². The van der Waals surface area contributed by atoms with Crippen molar-refractivity contribution in [2.24, 2.45) is 5.92 Å². The van der Waals surface area contributed by atoms with Crippen molar-refractivity contribution >= 4 is 28.8 Å². The van der Waals surface area contributed by atoms with Crippen LogP contribution in [0.4, 0.5) is 0 Å². The van der Waals surface area contributed by atoms with E-state index < -0.39 is 0 Å². The van der Waals surface area contributed by atoms with Gasteiger partial charge in [-0.15, -0.1) is 0 Å². The summed E-state index contributed by atoms with van der Waals surface area (Å²) in [5, 5.41) is 2.69. The van der Waals surface area contributed by atoms with Crippen LogP contribution in [0.15, 0.2) is 0 Å². The minimum Gasteiger partial charge on any atom is -0.359 e. The third kappa shape index (κ3) is 2.59. The number of hydrogen-bond donors (Lipinski definition) is 1. The van der Waals surface area contributed by atoms with Crippen LogP contribution < -0.4 is 5.32 Å². The van der Waals surface area contributed by atoms with Gasteiger partial charge >= 0.3 is 0 Å². The van der Waals surface area contributed by atoms with E-state index in [4.69, 9.17) is 0 Å². The van der Waals surface area contributed by atoms with Crippen LogP contribution in [0.1, 0.15) is 12.8 Å². The van der Waals surface area contributed by atoms with Crippen molar-refractivity contribution in [1.29, 1.82) is 0 Å². The van der Waals surface area contributed by atoms with E-state index in [0.29, 0.717) is 0 Å². The van der Waals surface area contributed by atoms with Gasteiger partial charge in [0.1, 0.15) is 0 Å². The molecule has 1 N–H and O–H groups in total. The number of hydrogen-bond acceptors (Lipinski definition) is 2. The highest BCUT2D eigenvalue weighted by Gasteiger charge is 2.23. The number of amides is 1. The lowest BCUT2D eigenvalue weighted by Gasteiger charge is -2.26. The summed E-state index contributed by atoms with van der Waals surface area (Å²) in [6.45, 7) is 2.02. The minimum absolute atomic E-state index is 0.186. The normalized spacial score (nSPS) is 26.5. The van der Waals surface area contributed by atoms with Gasteiger partial charge in [0.25, 0.3) is 0 Å². The van der Waals surface area contributed by atoms with Crippen LogP contribution in [0.2, 0.25) is 0 Å². The first-order chi connectivity index (χ1) is 5.24. The number of rotatable bonds is 1. The maximum Gasteiger partial charge on any atom is 0.224 e. The molecule has 0 spiro atoms. The van der Waals surface area contributed by atoms with Gasteiger partial charge in [0, 0.05) is 43.0 Å². The standard InChI is InChI=1S/C7H13IN2O/c1-9-7(11)6-3-2-4-10(8)5-6/h6H,2-5H2,1H3,(H,9,11). The van der Waals surface area contributed by atoms with Crippen molar-refractivity contribution in [3.8, 4) is 0 Å². The van der Waals surface area contributed by atoms with Crippen LogP contribution in [0.3, 0.4) is 0 Å². The first-order valence-electron chi connectivity index (χ1n) is 3.86. The van der Waals surface area contributed by atoms with Gasteiger partial charge in [-0.1, -0.05) is 0 Å². The number of halogens is 1. The highest BCUT2D eigenvalue weighted by molar-refractivity contribution is 14.1. The van der Waals surface area contributed by atoms with E-state index in [2.05, 4.69) is 31.3 Å². The monoisotopic (exact) mass is 268 g/mol. The number of carbonyl (C=O) groups is 1. The van der Waals surface area contributed by atoms with Crippen molar-refractivity contribution in [2.45, 2.75) is 12.8 Å². The minimum atomic E-state index is 0.186. The fourth-order valence-electron chi connectivity index (χ4n) is 1.35. The van der Waals surface area contributed by atoms with Crippen molar-refractivity contribution in [3.63, 3.8) is 0 Å².